The maximum absolute atomic E-state index is 13.8. The predicted molar refractivity (Wildman–Crippen MR) is 84.4 cm³/mol. The quantitative estimate of drug-likeness (QED) is 0.873. The summed E-state index contributed by atoms with van der Waals surface area (Å²) in [7, 11) is 0. The van der Waals surface area contributed by atoms with Crippen LogP contribution in [0.1, 0.15) is 49.5 Å². The van der Waals surface area contributed by atoms with Crippen molar-refractivity contribution in [1.82, 2.24) is 10.6 Å². The summed E-state index contributed by atoms with van der Waals surface area (Å²) in [4.78, 5) is 23.7. The molecule has 1 aromatic rings. The third kappa shape index (κ3) is 4.76. The van der Waals surface area contributed by atoms with Crippen LogP contribution in [0.3, 0.4) is 0 Å². The monoisotopic (exact) mass is 322 g/mol. The molecule has 126 valence electrons. The third-order valence-corrected chi connectivity index (χ3v) is 3.87. The molecule has 0 aromatic heterocycles. The van der Waals surface area contributed by atoms with E-state index in [4.69, 9.17) is 4.74 Å². The smallest absolute Gasteiger partial charge is 0.251 e. The first-order valence-electron chi connectivity index (χ1n) is 7.87. The van der Waals surface area contributed by atoms with E-state index in [0.29, 0.717) is 24.0 Å². The summed E-state index contributed by atoms with van der Waals surface area (Å²) in [6.45, 7) is 5.72. The Morgan fingerprint density at radius 3 is 2.87 bits per heavy atom. The number of amides is 2. The molecule has 1 fully saturated rings. The number of piperidine rings is 1. The Morgan fingerprint density at radius 2 is 2.22 bits per heavy atom. The highest BCUT2D eigenvalue weighted by molar-refractivity contribution is 5.94. The molecule has 2 unspecified atom stereocenters. The fourth-order valence-corrected chi connectivity index (χ4v) is 2.50. The average molecular weight is 322 g/mol. The van der Waals surface area contributed by atoms with E-state index >= 15 is 0 Å². The molecule has 6 heteroatoms. The minimum Gasteiger partial charge on any atom is -0.374 e. The van der Waals surface area contributed by atoms with Gasteiger partial charge in [0.15, 0.2) is 0 Å². The summed E-state index contributed by atoms with van der Waals surface area (Å²) in [6, 6.07) is 4.00. The van der Waals surface area contributed by atoms with Crippen molar-refractivity contribution in [3.8, 4) is 0 Å². The van der Waals surface area contributed by atoms with Gasteiger partial charge in [-0.1, -0.05) is 0 Å². The van der Waals surface area contributed by atoms with E-state index in [1.54, 1.807) is 0 Å². The summed E-state index contributed by atoms with van der Waals surface area (Å²) in [5.41, 5.74) is 0.745. The van der Waals surface area contributed by atoms with Gasteiger partial charge >= 0.3 is 0 Å². The Morgan fingerprint density at radius 1 is 1.48 bits per heavy atom. The van der Waals surface area contributed by atoms with Gasteiger partial charge in [-0.05, 0) is 45.4 Å². The van der Waals surface area contributed by atoms with E-state index in [2.05, 4.69) is 10.6 Å². The molecule has 1 saturated heterocycles. The zero-order chi connectivity index (χ0) is 17.0. The Balaban J connectivity index is 2.04. The maximum Gasteiger partial charge on any atom is 0.251 e. The van der Waals surface area contributed by atoms with E-state index in [-0.39, 0.29) is 42.4 Å². The summed E-state index contributed by atoms with van der Waals surface area (Å²) >= 11 is 0. The topological polar surface area (TPSA) is 67.4 Å². The Kier molecular flexibility index (Phi) is 5.71. The van der Waals surface area contributed by atoms with Crippen LogP contribution in [0.2, 0.25) is 0 Å². The second-order valence-corrected chi connectivity index (χ2v) is 6.14. The minimum absolute atomic E-state index is 0.00194. The molecule has 0 saturated carbocycles. The standard InChI is InChI=1S/C17H23FN2O3/c1-10(2)23-9-13-8-12(4-5-14(13)18)17(22)20-15-6-7-16(21)19-11(15)3/h4-5,8,10-11,15H,6-7,9H2,1-3H3,(H,19,21)(H,20,22). The van der Waals surface area contributed by atoms with Gasteiger partial charge in [-0.2, -0.15) is 0 Å². The molecule has 0 bridgehead atoms. The van der Waals surface area contributed by atoms with Gasteiger partial charge in [0, 0.05) is 29.6 Å². The maximum atomic E-state index is 13.8. The first kappa shape index (κ1) is 17.4. The summed E-state index contributed by atoms with van der Waals surface area (Å²) in [6.07, 6.45) is 0.980. The van der Waals surface area contributed by atoms with Crippen molar-refractivity contribution in [3.05, 3.63) is 35.1 Å². The van der Waals surface area contributed by atoms with Crippen LogP contribution < -0.4 is 10.6 Å². The zero-order valence-electron chi connectivity index (χ0n) is 13.7. The van der Waals surface area contributed by atoms with Crippen LogP contribution in [0.5, 0.6) is 0 Å². The lowest BCUT2D eigenvalue weighted by atomic mass is 9.98. The van der Waals surface area contributed by atoms with Crippen LogP contribution in [0.25, 0.3) is 0 Å². The first-order valence-corrected chi connectivity index (χ1v) is 7.87. The van der Waals surface area contributed by atoms with Crippen molar-refractivity contribution in [2.75, 3.05) is 0 Å². The molecule has 1 aliphatic rings. The highest BCUT2D eigenvalue weighted by Crippen LogP contribution is 2.15. The molecule has 0 spiro atoms. The number of hydrogen-bond donors (Lipinski definition) is 2. The highest BCUT2D eigenvalue weighted by atomic mass is 19.1. The van der Waals surface area contributed by atoms with Crippen LogP contribution in [0.15, 0.2) is 18.2 Å². The number of carbonyl (C=O) groups excluding carboxylic acids is 2. The van der Waals surface area contributed by atoms with Crippen molar-refractivity contribution < 1.29 is 18.7 Å². The van der Waals surface area contributed by atoms with Crippen molar-refractivity contribution in [2.45, 2.75) is 58.4 Å². The van der Waals surface area contributed by atoms with Crippen LogP contribution >= 0.6 is 0 Å². The Hall–Kier alpha value is -1.95. The van der Waals surface area contributed by atoms with E-state index in [9.17, 15) is 14.0 Å². The van der Waals surface area contributed by atoms with Crippen molar-refractivity contribution in [3.63, 3.8) is 0 Å². The van der Waals surface area contributed by atoms with Gasteiger partial charge in [0.1, 0.15) is 5.82 Å². The number of hydrogen-bond acceptors (Lipinski definition) is 3. The molecular weight excluding hydrogens is 299 g/mol. The number of halogens is 1. The largest absolute Gasteiger partial charge is 0.374 e. The van der Waals surface area contributed by atoms with Crippen LogP contribution in [-0.2, 0) is 16.1 Å². The van der Waals surface area contributed by atoms with E-state index in [1.807, 2.05) is 20.8 Å². The first-order chi connectivity index (χ1) is 10.9. The van der Waals surface area contributed by atoms with Gasteiger partial charge in [-0.3, -0.25) is 9.59 Å². The van der Waals surface area contributed by atoms with Crippen molar-refractivity contribution >= 4 is 11.8 Å². The molecule has 0 radical (unpaired) electrons. The van der Waals surface area contributed by atoms with Gasteiger partial charge in [0.05, 0.1) is 12.7 Å². The molecule has 2 N–H and O–H groups in total. The molecule has 2 amide bonds. The summed E-state index contributed by atoms with van der Waals surface area (Å²) < 4.78 is 19.2. The third-order valence-electron chi connectivity index (χ3n) is 3.87. The Bertz CT molecular complexity index is 589. The number of carbonyl (C=O) groups is 2. The SMILES string of the molecule is CC(C)OCc1cc(C(=O)NC2CCC(=O)NC2C)ccc1F. The molecule has 2 atom stereocenters. The van der Waals surface area contributed by atoms with Crippen LogP contribution in [0, 0.1) is 5.82 Å². The molecule has 1 aromatic carbocycles. The average Bonchev–Trinajstić information content (AvgIpc) is 2.49. The normalized spacial score (nSPS) is 21.2. The molecule has 1 aliphatic heterocycles. The fourth-order valence-electron chi connectivity index (χ4n) is 2.50. The second-order valence-electron chi connectivity index (χ2n) is 6.14. The van der Waals surface area contributed by atoms with E-state index < -0.39 is 0 Å². The van der Waals surface area contributed by atoms with Gasteiger partial charge < -0.3 is 15.4 Å². The van der Waals surface area contributed by atoms with Gasteiger partial charge in [0.2, 0.25) is 5.91 Å². The minimum atomic E-state index is -0.388. The van der Waals surface area contributed by atoms with Crippen LogP contribution in [0.4, 0.5) is 4.39 Å². The number of nitrogens with one attached hydrogen (secondary N) is 2. The zero-order valence-corrected chi connectivity index (χ0v) is 13.7. The lowest BCUT2D eigenvalue weighted by molar-refractivity contribution is -0.123. The molecular formula is C17H23FN2O3. The van der Waals surface area contributed by atoms with E-state index in [1.165, 1.54) is 18.2 Å². The molecule has 23 heavy (non-hydrogen) atoms. The number of rotatable bonds is 5. The Labute approximate surface area is 135 Å². The van der Waals surface area contributed by atoms with Gasteiger partial charge in [-0.15, -0.1) is 0 Å². The lowest BCUT2D eigenvalue weighted by Gasteiger charge is -2.30. The highest BCUT2D eigenvalue weighted by Gasteiger charge is 2.26. The number of ether oxygens (including phenoxy) is 1. The molecule has 2 rings (SSSR count). The lowest BCUT2D eigenvalue weighted by Crippen LogP contribution is -2.53. The second kappa shape index (κ2) is 7.55. The van der Waals surface area contributed by atoms with Crippen LogP contribution in [-0.4, -0.2) is 30.0 Å². The molecule has 1 heterocycles. The fraction of sp³-hybridized carbons (Fsp3) is 0.529. The number of benzene rings is 1. The van der Waals surface area contributed by atoms with Gasteiger partial charge in [0.25, 0.3) is 5.91 Å². The van der Waals surface area contributed by atoms with Crippen molar-refractivity contribution in [2.24, 2.45) is 0 Å². The summed E-state index contributed by atoms with van der Waals surface area (Å²) in [5.74, 6) is -0.665. The summed E-state index contributed by atoms with van der Waals surface area (Å²) in [5, 5.41) is 5.71. The predicted octanol–water partition coefficient (Wildman–Crippen LogP) is 2.15. The van der Waals surface area contributed by atoms with Crippen molar-refractivity contribution in [1.29, 1.82) is 0 Å². The molecule has 0 aliphatic carbocycles. The van der Waals surface area contributed by atoms with Gasteiger partial charge in [-0.25, -0.2) is 4.39 Å². The molecule has 5 nitrogen and oxygen atoms in total. The van der Waals surface area contributed by atoms with E-state index in [0.717, 1.165) is 0 Å².